The molecular weight excluding hydrogens is 439 g/mol. The number of carbonyl (C=O) groups is 1. The van der Waals surface area contributed by atoms with Gasteiger partial charge in [-0.05, 0) is 31.2 Å². The highest BCUT2D eigenvalue weighted by Gasteiger charge is 2.32. The van der Waals surface area contributed by atoms with Crippen LogP contribution in [0, 0.1) is 6.92 Å². The number of sulfonamides is 1. The van der Waals surface area contributed by atoms with Crippen LogP contribution in [0.4, 0.5) is 18.9 Å². The van der Waals surface area contributed by atoms with Gasteiger partial charge < -0.3 is 10.1 Å². The van der Waals surface area contributed by atoms with Crippen molar-refractivity contribution in [2.75, 3.05) is 38.0 Å². The molecule has 1 N–H and O–H groups in total. The molecule has 170 valence electrons. The summed E-state index contributed by atoms with van der Waals surface area (Å²) >= 11 is 0. The lowest BCUT2D eigenvalue weighted by molar-refractivity contribution is -0.274. The number of halogens is 3. The average molecular weight is 461 g/mol. The van der Waals surface area contributed by atoms with Crippen molar-refractivity contribution in [3.63, 3.8) is 0 Å². The van der Waals surface area contributed by atoms with E-state index in [1.165, 1.54) is 27.3 Å². The van der Waals surface area contributed by atoms with Crippen LogP contribution >= 0.6 is 0 Å². The molecule has 0 spiro atoms. The molecule has 1 fully saturated rings. The van der Waals surface area contributed by atoms with Gasteiger partial charge in [0, 0.05) is 38.9 Å². The number of rotatable bonds is 6. The van der Waals surface area contributed by atoms with Gasteiger partial charge >= 0.3 is 6.36 Å². The number of benzene rings is 1. The summed E-state index contributed by atoms with van der Waals surface area (Å²) in [5.74, 6) is -0.740. The Kier molecular flexibility index (Phi) is 6.57. The first-order valence-corrected chi connectivity index (χ1v) is 10.8. The van der Waals surface area contributed by atoms with E-state index >= 15 is 0 Å². The molecule has 0 atom stereocenters. The molecule has 13 heteroatoms. The molecule has 0 saturated carbocycles. The molecule has 1 saturated heterocycles. The highest BCUT2D eigenvalue weighted by molar-refractivity contribution is 7.89. The second-order valence-electron chi connectivity index (χ2n) is 7.02. The summed E-state index contributed by atoms with van der Waals surface area (Å²) in [6, 6.07) is 4.82. The van der Waals surface area contributed by atoms with E-state index in [-0.39, 0.29) is 36.2 Å². The third-order valence-corrected chi connectivity index (χ3v) is 6.88. The van der Waals surface area contributed by atoms with Crippen molar-refractivity contribution in [1.82, 2.24) is 19.0 Å². The molecule has 1 amide bonds. The Morgan fingerprint density at radius 2 is 1.77 bits per heavy atom. The third-order valence-electron chi connectivity index (χ3n) is 4.88. The quantitative estimate of drug-likeness (QED) is 0.702. The van der Waals surface area contributed by atoms with Gasteiger partial charge in [0.2, 0.25) is 15.9 Å². The zero-order valence-corrected chi connectivity index (χ0v) is 17.7. The molecule has 31 heavy (non-hydrogen) atoms. The Hall–Kier alpha value is -2.64. The molecule has 1 aliphatic rings. The van der Waals surface area contributed by atoms with Crippen molar-refractivity contribution in [3.8, 4) is 5.75 Å². The fraction of sp³-hybridized carbons (Fsp3) is 0.444. The number of amides is 1. The first-order chi connectivity index (χ1) is 14.5. The minimum atomic E-state index is -4.78. The zero-order valence-electron chi connectivity index (χ0n) is 16.9. The largest absolute Gasteiger partial charge is 0.573 e. The average Bonchev–Trinajstić information content (AvgIpc) is 3.02. The summed E-state index contributed by atoms with van der Waals surface area (Å²) in [6.45, 7) is 2.90. The molecule has 0 radical (unpaired) electrons. The normalized spacial score (nSPS) is 16.3. The molecule has 1 aromatic heterocycles. The Labute approximate surface area is 177 Å². The Bertz CT molecular complexity index is 1030. The van der Waals surface area contributed by atoms with Crippen molar-refractivity contribution >= 4 is 21.6 Å². The van der Waals surface area contributed by atoms with Crippen molar-refractivity contribution in [1.29, 1.82) is 0 Å². The SMILES string of the molecule is Cc1c(S(=O)(=O)N2CCN(CC(=O)Nc3ccc(OC(F)(F)F)cc3)CC2)cnn1C. The van der Waals surface area contributed by atoms with Crippen molar-refractivity contribution in [2.24, 2.45) is 7.05 Å². The van der Waals surface area contributed by atoms with Gasteiger partial charge in [0.05, 0.1) is 18.4 Å². The first kappa shape index (κ1) is 23.0. The highest BCUT2D eigenvalue weighted by atomic mass is 32.2. The molecule has 2 heterocycles. The maximum Gasteiger partial charge on any atom is 0.573 e. The number of nitrogens with one attached hydrogen (secondary N) is 1. The van der Waals surface area contributed by atoms with Crippen LogP contribution in [0.15, 0.2) is 35.4 Å². The number of hydrogen-bond acceptors (Lipinski definition) is 6. The van der Waals surface area contributed by atoms with E-state index in [4.69, 9.17) is 0 Å². The van der Waals surface area contributed by atoms with Gasteiger partial charge in [0.25, 0.3) is 0 Å². The number of ether oxygens (including phenoxy) is 1. The van der Waals surface area contributed by atoms with Gasteiger partial charge in [-0.15, -0.1) is 13.2 Å². The van der Waals surface area contributed by atoms with E-state index in [9.17, 15) is 26.4 Å². The minimum Gasteiger partial charge on any atom is -0.406 e. The summed E-state index contributed by atoms with van der Waals surface area (Å²) in [6.07, 6.45) is -3.45. The third kappa shape index (κ3) is 5.74. The number of nitrogens with zero attached hydrogens (tertiary/aromatic N) is 4. The molecular formula is C18H22F3N5O4S. The number of piperazine rings is 1. The van der Waals surface area contributed by atoms with Crippen LogP contribution in [0.2, 0.25) is 0 Å². The van der Waals surface area contributed by atoms with Gasteiger partial charge in [-0.25, -0.2) is 8.42 Å². The number of aryl methyl sites for hydroxylation is 1. The van der Waals surface area contributed by atoms with Crippen LogP contribution in [-0.4, -0.2) is 72.4 Å². The minimum absolute atomic E-state index is 0.0284. The number of alkyl halides is 3. The fourth-order valence-corrected chi connectivity index (χ4v) is 4.75. The smallest absolute Gasteiger partial charge is 0.406 e. The molecule has 0 aliphatic carbocycles. The lowest BCUT2D eigenvalue weighted by atomic mass is 10.3. The summed E-state index contributed by atoms with van der Waals surface area (Å²) in [4.78, 5) is 14.2. The van der Waals surface area contributed by atoms with Crippen molar-refractivity contribution in [3.05, 3.63) is 36.2 Å². The molecule has 9 nitrogen and oxygen atoms in total. The van der Waals surface area contributed by atoms with Gasteiger partial charge in [0.1, 0.15) is 10.6 Å². The number of anilines is 1. The maximum atomic E-state index is 12.8. The fourth-order valence-electron chi connectivity index (χ4n) is 3.14. The monoisotopic (exact) mass is 461 g/mol. The summed E-state index contributed by atoms with van der Waals surface area (Å²) in [5.41, 5.74) is 0.876. The lowest BCUT2D eigenvalue weighted by Gasteiger charge is -2.33. The van der Waals surface area contributed by atoms with Crippen LogP contribution in [0.25, 0.3) is 0 Å². The summed E-state index contributed by atoms with van der Waals surface area (Å²) in [7, 11) is -1.99. The zero-order chi connectivity index (χ0) is 22.8. The van der Waals surface area contributed by atoms with Crippen LogP contribution in [0.1, 0.15) is 5.69 Å². The molecule has 3 rings (SSSR count). The first-order valence-electron chi connectivity index (χ1n) is 9.32. The number of carbonyl (C=O) groups excluding carboxylic acids is 1. The van der Waals surface area contributed by atoms with E-state index in [1.54, 1.807) is 18.9 Å². The predicted molar refractivity (Wildman–Crippen MR) is 105 cm³/mol. The number of hydrogen-bond donors (Lipinski definition) is 1. The topological polar surface area (TPSA) is 96.8 Å². The molecule has 0 unspecified atom stereocenters. The van der Waals surface area contributed by atoms with Crippen LogP contribution in [-0.2, 0) is 21.9 Å². The van der Waals surface area contributed by atoms with Gasteiger partial charge in [-0.1, -0.05) is 0 Å². The van der Waals surface area contributed by atoms with E-state index in [1.807, 2.05) is 0 Å². The van der Waals surface area contributed by atoms with E-state index in [0.717, 1.165) is 12.1 Å². The van der Waals surface area contributed by atoms with Crippen LogP contribution < -0.4 is 10.1 Å². The lowest BCUT2D eigenvalue weighted by Crippen LogP contribution is -2.50. The molecule has 0 bridgehead atoms. The second kappa shape index (κ2) is 8.85. The maximum absolute atomic E-state index is 12.8. The van der Waals surface area contributed by atoms with Gasteiger partial charge in [-0.2, -0.15) is 9.40 Å². The Balaban J connectivity index is 1.50. The summed E-state index contributed by atoms with van der Waals surface area (Å²) < 4.78 is 68.8. The Morgan fingerprint density at radius 1 is 1.16 bits per heavy atom. The van der Waals surface area contributed by atoms with E-state index in [2.05, 4.69) is 15.2 Å². The van der Waals surface area contributed by atoms with E-state index in [0.29, 0.717) is 24.5 Å². The summed E-state index contributed by atoms with van der Waals surface area (Å²) in [5, 5.41) is 6.57. The molecule has 2 aromatic rings. The van der Waals surface area contributed by atoms with Crippen LogP contribution in [0.5, 0.6) is 5.75 Å². The van der Waals surface area contributed by atoms with Crippen LogP contribution in [0.3, 0.4) is 0 Å². The highest BCUT2D eigenvalue weighted by Crippen LogP contribution is 2.24. The van der Waals surface area contributed by atoms with Crippen molar-refractivity contribution < 1.29 is 31.1 Å². The van der Waals surface area contributed by atoms with E-state index < -0.39 is 16.4 Å². The molecule has 1 aliphatic heterocycles. The number of aromatic nitrogens is 2. The second-order valence-corrected chi connectivity index (χ2v) is 8.92. The molecule has 1 aromatic carbocycles. The van der Waals surface area contributed by atoms with Gasteiger partial charge in [0.15, 0.2) is 0 Å². The van der Waals surface area contributed by atoms with Gasteiger partial charge in [-0.3, -0.25) is 14.4 Å². The predicted octanol–water partition coefficient (Wildman–Crippen LogP) is 1.57. The Morgan fingerprint density at radius 3 is 2.29 bits per heavy atom. The van der Waals surface area contributed by atoms with Crippen molar-refractivity contribution in [2.45, 2.75) is 18.2 Å². The standard InChI is InChI=1S/C18H22F3N5O4S/c1-13-16(11-22-24(13)2)31(28,29)26-9-7-25(8-10-26)12-17(27)23-14-3-5-15(6-4-14)30-18(19,20)21/h3-6,11H,7-10,12H2,1-2H3,(H,23,27).